The fourth-order valence-corrected chi connectivity index (χ4v) is 2.99. The third-order valence-corrected chi connectivity index (χ3v) is 4.23. The van der Waals surface area contributed by atoms with E-state index in [9.17, 15) is 9.59 Å². The van der Waals surface area contributed by atoms with Crippen molar-refractivity contribution in [2.45, 2.75) is 25.9 Å². The first-order valence-corrected chi connectivity index (χ1v) is 6.98. The fraction of sp³-hybridized carbons (Fsp3) is 0.467. The molecule has 20 heavy (non-hydrogen) atoms. The number of hydrogen-bond donors (Lipinski definition) is 1. The zero-order valence-corrected chi connectivity index (χ0v) is 11.3. The molecule has 5 heteroatoms. The maximum atomic E-state index is 12.4. The van der Waals surface area contributed by atoms with E-state index in [0.29, 0.717) is 39.0 Å². The van der Waals surface area contributed by atoms with Crippen LogP contribution in [-0.4, -0.2) is 40.0 Å². The van der Waals surface area contributed by atoms with Gasteiger partial charge in [0.25, 0.3) is 0 Å². The minimum absolute atomic E-state index is 0.0324. The molecule has 2 aliphatic heterocycles. The van der Waals surface area contributed by atoms with Gasteiger partial charge in [0.05, 0.1) is 5.92 Å². The number of piperidine rings is 1. The van der Waals surface area contributed by atoms with Gasteiger partial charge in [-0.25, -0.2) is 4.79 Å². The van der Waals surface area contributed by atoms with E-state index in [4.69, 9.17) is 5.11 Å². The number of fused-ring (bicyclic) bond motifs is 1. The zero-order chi connectivity index (χ0) is 14.1. The normalized spacial score (nSPS) is 19.0. The zero-order valence-electron chi connectivity index (χ0n) is 11.3. The van der Waals surface area contributed by atoms with E-state index < -0.39 is 5.97 Å². The van der Waals surface area contributed by atoms with Crippen LogP contribution in [0.2, 0.25) is 0 Å². The Kier molecular flexibility index (Phi) is 3.34. The molecule has 2 aliphatic rings. The van der Waals surface area contributed by atoms with Gasteiger partial charge in [-0.15, -0.1) is 0 Å². The Morgan fingerprint density at radius 2 is 1.55 bits per heavy atom. The van der Waals surface area contributed by atoms with Crippen LogP contribution in [0, 0.1) is 5.92 Å². The maximum absolute atomic E-state index is 12.4. The number of carbonyl (C=O) groups excluding carboxylic acids is 1. The summed E-state index contributed by atoms with van der Waals surface area (Å²) in [6.07, 6.45) is 1.11. The summed E-state index contributed by atoms with van der Waals surface area (Å²) in [6.45, 7) is 2.41. The predicted molar refractivity (Wildman–Crippen MR) is 73.0 cm³/mol. The summed E-state index contributed by atoms with van der Waals surface area (Å²) >= 11 is 0. The molecule has 2 amide bonds. The molecule has 1 fully saturated rings. The van der Waals surface area contributed by atoms with Crippen molar-refractivity contribution < 1.29 is 14.7 Å². The summed E-state index contributed by atoms with van der Waals surface area (Å²) in [4.78, 5) is 27.0. The van der Waals surface area contributed by atoms with Gasteiger partial charge in [0, 0.05) is 26.2 Å². The van der Waals surface area contributed by atoms with Gasteiger partial charge in [0.15, 0.2) is 0 Å². The Morgan fingerprint density at radius 3 is 2.05 bits per heavy atom. The van der Waals surface area contributed by atoms with Crippen LogP contribution < -0.4 is 0 Å². The molecular formula is C15H18N2O3. The number of benzene rings is 1. The van der Waals surface area contributed by atoms with Gasteiger partial charge < -0.3 is 14.9 Å². The molecule has 0 aromatic heterocycles. The Morgan fingerprint density at radius 1 is 1.00 bits per heavy atom. The molecule has 1 aromatic rings. The van der Waals surface area contributed by atoms with Crippen molar-refractivity contribution >= 4 is 12.0 Å². The second kappa shape index (κ2) is 5.15. The average molecular weight is 274 g/mol. The van der Waals surface area contributed by atoms with Gasteiger partial charge in [-0.2, -0.15) is 0 Å². The summed E-state index contributed by atoms with van der Waals surface area (Å²) in [6, 6.07) is 8.12. The molecule has 1 saturated heterocycles. The summed E-state index contributed by atoms with van der Waals surface area (Å²) in [5, 5.41) is 8.98. The minimum atomic E-state index is -0.745. The number of aliphatic carboxylic acids is 1. The molecule has 0 bridgehead atoms. The van der Waals surface area contributed by atoms with E-state index in [2.05, 4.69) is 12.1 Å². The lowest BCUT2D eigenvalue weighted by Crippen LogP contribution is -2.45. The molecule has 1 N–H and O–H groups in total. The molecule has 0 saturated carbocycles. The van der Waals surface area contributed by atoms with Crippen molar-refractivity contribution in [3.63, 3.8) is 0 Å². The molecule has 1 aromatic carbocycles. The number of rotatable bonds is 1. The quantitative estimate of drug-likeness (QED) is 0.851. The van der Waals surface area contributed by atoms with Crippen molar-refractivity contribution in [3.8, 4) is 0 Å². The van der Waals surface area contributed by atoms with Crippen LogP contribution in [0.15, 0.2) is 24.3 Å². The first-order valence-electron chi connectivity index (χ1n) is 6.98. The van der Waals surface area contributed by atoms with Gasteiger partial charge in [0.2, 0.25) is 0 Å². The number of likely N-dealkylation sites (tertiary alicyclic amines) is 1. The highest BCUT2D eigenvalue weighted by molar-refractivity contribution is 5.76. The average Bonchev–Trinajstić information content (AvgIpc) is 2.90. The van der Waals surface area contributed by atoms with Gasteiger partial charge in [-0.3, -0.25) is 4.79 Å². The maximum Gasteiger partial charge on any atom is 0.320 e. The van der Waals surface area contributed by atoms with Crippen molar-refractivity contribution in [2.24, 2.45) is 5.92 Å². The SMILES string of the molecule is O=C(O)C1CCN(C(=O)N2Cc3ccccc3C2)CC1. The topological polar surface area (TPSA) is 60.9 Å². The van der Waals surface area contributed by atoms with Crippen molar-refractivity contribution in [2.75, 3.05) is 13.1 Å². The molecule has 2 heterocycles. The van der Waals surface area contributed by atoms with E-state index in [1.165, 1.54) is 11.1 Å². The Labute approximate surface area is 117 Å². The molecule has 0 spiro atoms. The van der Waals surface area contributed by atoms with Gasteiger partial charge in [0.1, 0.15) is 0 Å². The van der Waals surface area contributed by atoms with E-state index in [1.807, 2.05) is 17.0 Å². The summed E-state index contributed by atoms with van der Waals surface area (Å²) in [5.74, 6) is -1.04. The lowest BCUT2D eigenvalue weighted by atomic mass is 9.97. The van der Waals surface area contributed by atoms with E-state index in [1.54, 1.807) is 4.90 Å². The number of nitrogens with zero attached hydrogens (tertiary/aromatic N) is 2. The fourth-order valence-electron chi connectivity index (χ4n) is 2.99. The molecule has 0 unspecified atom stereocenters. The molecule has 5 nitrogen and oxygen atoms in total. The first-order chi connectivity index (χ1) is 9.65. The van der Waals surface area contributed by atoms with Crippen LogP contribution in [0.3, 0.4) is 0 Å². The Balaban J connectivity index is 1.60. The van der Waals surface area contributed by atoms with Crippen LogP contribution in [0.25, 0.3) is 0 Å². The van der Waals surface area contributed by atoms with Gasteiger partial charge >= 0.3 is 12.0 Å². The van der Waals surface area contributed by atoms with E-state index in [0.717, 1.165) is 0 Å². The van der Waals surface area contributed by atoms with Crippen LogP contribution in [0.1, 0.15) is 24.0 Å². The van der Waals surface area contributed by atoms with Crippen LogP contribution in [0.5, 0.6) is 0 Å². The van der Waals surface area contributed by atoms with Crippen molar-refractivity contribution in [1.29, 1.82) is 0 Å². The Hall–Kier alpha value is -2.04. The highest BCUT2D eigenvalue weighted by Crippen LogP contribution is 2.25. The van der Waals surface area contributed by atoms with E-state index in [-0.39, 0.29) is 11.9 Å². The molecular weight excluding hydrogens is 256 g/mol. The molecule has 0 aliphatic carbocycles. The number of carbonyl (C=O) groups is 2. The number of carboxylic acids is 1. The van der Waals surface area contributed by atoms with Crippen LogP contribution in [-0.2, 0) is 17.9 Å². The second-order valence-corrected chi connectivity index (χ2v) is 5.51. The van der Waals surface area contributed by atoms with Gasteiger partial charge in [-0.1, -0.05) is 24.3 Å². The molecule has 0 atom stereocenters. The van der Waals surface area contributed by atoms with Crippen LogP contribution >= 0.6 is 0 Å². The van der Waals surface area contributed by atoms with Crippen LogP contribution in [0.4, 0.5) is 4.79 Å². The highest BCUT2D eigenvalue weighted by Gasteiger charge is 2.31. The number of hydrogen-bond acceptors (Lipinski definition) is 2. The molecule has 0 radical (unpaired) electrons. The number of urea groups is 1. The predicted octanol–water partition coefficient (Wildman–Crippen LogP) is 1.92. The summed E-state index contributed by atoms with van der Waals surface area (Å²) < 4.78 is 0. The molecule has 106 valence electrons. The Bertz CT molecular complexity index is 511. The lowest BCUT2D eigenvalue weighted by Gasteiger charge is -2.33. The second-order valence-electron chi connectivity index (χ2n) is 5.51. The third kappa shape index (κ3) is 2.35. The number of carboxylic acid groups (broad SMARTS) is 1. The smallest absolute Gasteiger partial charge is 0.320 e. The van der Waals surface area contributed by atoms with Crippen molar-refractivity contribution in [3.05, 3.63) is 35.4 Å². The van der Waals surface area contributed by atoms with Crippen molar-refractivity contribution in [1.82, 2.24) is 9.80 Å². The lowest BCUT2D eigenvalue weighted by molar-refractivity contribution is -0.143. The van der Waals surface area contributed by atoms with Gasteiger partial charge in [-0.05, 0) is 24.0 Å². The standard InChI is InChI=1S/C15H18N2O3/c18-14(19)11-5-7-16(8-6-11)15(20)17-9-12-3-1-2-4-13(12)10-17/h1-4,11H,5-10H2,(H,18,19). The monoisotopic (exact) mass is 274 g/mol. The minimum Gasteiger partial charge on any atom is -0.481 e. The summed E-state index contributed by atoms with van der Waals surface area (Å²) in [7, 11) is 0. The largest absolute Gasteiger partial charge is 0.481 e. The third-order valence-electron chi connectivity index (χ3n) is 4.23. The first kappa shape index (κ1) is 13.0. The highest BCUT2D eigenvalue weighted by atomic mass is 16.4. The van der Waals surface area contributed by atoms with E-state index >= 15 is 0 Å². The number of amides is 2. The molecule has 3 rings (SSSR count). The summed E-state index contributed by atoms with van der Waals surface area (Å²) in [5.41, 5.74) is 2.42.